The Morgan fingerprint density at radius 3 is 2.58 bits per heavy atom. The minimum absolute atomic E-state index is 0.0830. The van der Waals surface area contributed by atoms with Gasteiger partial charge in [-0.05, 0) is 41.5 Å². The van der Waals surface area contributed by atoms with Crippen LogP contribution in [0.4, 0.5) is 0 Å². The maximum absolute atomic E-state index is 12.2. The molecule has 6 heteroatoms. The first-order valence-corrected chi connectivity index (χ1v) is 8.18. The van der Waals surface area contributed by atoms with Gasteiger partial charge >= 0.3 is 5.97 Å². The molecule has 0 saturated carbocycles. The summed E-state index contributed by atoms with van der Waals surface area (Å²) in [5, 5.41) is 7.04. The lowest BCUT2D eigenvalue weighted by Gasteiger charge is -2.08. The number of amides is 1. The summed E-state index contributed by atoms with van der Waals surface area (Å²) in [6.07, 6.45) is 3.87. The Morgan fingerprint density at radius 2 is 1.88 bits per heavy atom. The lowest BCUT2D eigenvalue weighted by atomic mass is 10.1. The van der Waals surface area contributed by atoms with Gasteiger partial charge in [-0.1, -0.05) is 24.3 Å². The van der Waals surface area contributed by atoms with Gasteiger partial charge in [-0.3, -0.25) is 4.79 Å². The van der Waals surface area contributed by atoms with Crippen LogP contribution < -0.4 is 5.32 Å². The number of benzene rings is 2. The van der Waals surface area contributed by atoms with E-state index in [4.69, 9.17) is 4.74 Å². The highest BCUT2D eigenvalue weighted by atomic mass is 16.5. The highest BCUT2D eigenvalue weighted by Gasteiger charge is 2.07. The van der Waals surface area contributed by atoms with Crippen LogP contribution >= 0.6 is 0 Å². The van der Waals surface area contributed by atoms with Crippen LogP contribution in [-0.2, 0) is 22.5 Å². The van der Waals surface area contributed by atoms with Crippen LogP contribution in [0.1, 0.15) is 21.5 Å². The Labute approximate surface area is 151 Å². The van der Waals surface area contributed by atoms with Crippen molar-refractivity contribution in [3.8, 4) is 5.69 Å². The molecule has 0 fully saturated rings. The minimum Gasteiger partial charge on any atom is -0.465 e. The number of nitrogens with zero attached hydrogens (tertiary/aromatic N) is 2. The SMILES string of the molecule is COC(=O)c1cccc(CNC(=O)Cc2ccc(-n3cccn3)cc2)c1. The number of ether oxygens (including phenoxy) is 1. The monoisotopic (exact) mass is 349 g/mol. The van der Waals surface area contributed by atoms with Gasteiger partial charge in [0.05, 0.1) is 24.8 Å². The fourth-order valence-electron chi connectivity index (χ4n) is 2.56. The number of carbonyl (C=O) groups is 2. The smallest absolute Gasteiger partial charge is 0.337 e. The summed E-state index contributed by atoms with van der Waals surface area (Å²) in [6, 6.07) is 16.5. The maximum Gasteiger partial charge on any atom is 0.337 e. The third kappa shape index (κ3) is 4.36. The standard InChI is InChI=1S/C20H19N3O3/c1-26-20(25)17-5-2-4-16(12-17)14-21-19(24)13-15-6-8-18(9-7-15)23-11-3-10-22-23/h2-12H,13-14H2,1H3,(H,21,24). The third-order valence-corrected chi connectivity index (χ3v) is 3.91. The highest BCUT2D eigenvalue weighted by molar-refractivity contribution is 5.89. The molecular formula is C20H19N3O3. The molecule has 0 bridgehead atoms. The molecule has 0 radical (unpaired) electrons. The molecule has 0 aliphatic rings. The molecule has 0 unspecified atom stereocenters. The van der Waals surface area contributed by atoms with Crippen molar-refractivity contribution in [3.05, 3.63) is 83.7 Å². The van der Waals surface area contributed by atoms with Gasteiger partial charge < -0.3 is 10.1 Å². The molecule has 0 saturated heterocycles. The molecule has 2 aromatic carbocycles. The van der Waals surface area contributed by atoms with E-state index in [0.29, 0.717) is 12.1 Å². The minimum atomic E-state index is -0.393. The van der Waals surface area contributed by atoms with Gasteiger partial charge in [0.25, 0.3) is 0 Å². The fraction of sp³-hybridized carbons (Fsp3) is 0.150. The zero-order chi connectivity index (χ0) is 18.4. The van der Waals surface area contributed by atoms with Crippen LogP contribution in [0.3, 0.4) is 0 Å². The van der Waals surface area contributed by atoms with E-state index >= 15 is 0 Å². The molecule has 1 aromatic heterocycles. The summed E-state index contributed by atoms with van der Waals surface area (Å²) >= 11 is 0. The van der Waals surface area contributed by atoms with Crippen LogP contribution in [0.5, 0.6) is 0 Å². The van der Waals surface area contributed by atoms with Crippen molar-refractivity contribution in [2.24, 2.45) is 0 Å². The number of aromatic nitrogens is 2. The van der Waals surface area contributed by atoms with Crippen molar-refractivity contribution in [3.63, 3.8) is 0 Å². The van der Waals surface area contributed by atoms with Gasteiger partial charge in [0.15, 0.2) is 0 Å². The summed E-state index contributed by atoms with van der Waals surface area (Å²) in [4.78, 5) is 23.7. The first kappa shape index (κ1) is 17.4. The number of methoxy groups -OCH3 is 1. The van der Waals surface area contributed by atoms with E-state index in [2.05, 4.69) is 10.4 Å². The van der Waals surface area contributed by atoms with Crippen LogP contribution in [0, 0.1) is 0 Å². The predicted molar refractivity (Wildman–Crippen MR) is 96.9 cm³/mol. The molecule has 3 rings (SSSR count). The van der Waals surface area contributed by atoms with Crippen molar-refractivity contribution < 1.29 is 14.3 Å². The average molecular weight is 349 g/mol. The van der Waals surface area contributed by atoms with E-state index in [1.165, 1.54) is 7.11 Å². The number of hydrogen-bond acceptors (Lipinski definition) is 4. The zero-order valence-electron chi connectivity index (χ0n) is 14.4. The Hall–Kier alpha value is -3.41. The van der Waals surface area contributed by atoms with Gasteiger partial charge in [-0.25, -0.2) is 9.48 Å². The van der Waals surface area contributed by atoms with Crippen LogP contribution in [0.25, 0.3) is 5.69 Å². The summed E-state index contributed by atoms with van der Waals surface area (Å²) in [5.41, 5.74) is 3.17. The summed E-state index contributed by atoms with van der Waals surface area (Å²) in [6.45, 7) is 0.356. The van der Waals surface area contributed by atoms with Crippen molar-refractivity contribution >= 4 is 11.9 Å². The Morgan fingerprint density at radius 1 is 1.08 bits per heavy atom. The van der Waals surface area contributed by atoms with E-state index in [1.54, 1.807) is 29.1 Å². The van der Waals surface area contributed by atoms with Crippen molar-refractivity contribution in [2.75, 3.05) is 7.11 Å². The molecule has 0 atom stereocenters. The molecule has 26 heavy (non-hydrogen) atoms. The second-order valence-corrected chi connectivity index (χ2v) is 5.76. The molecule has 132 valence electrons. The Bertz CT molecular complexity index is 887. The maximum atomic E-state index is 12.2. The molecule has 0 aliphatic carbocycles. The van der Waals surface area contributed by atoms with Gasteiger partial charge in [0.2, 0.25) is 5.91 Å². The van der Waals surface area contributed by atoms with Crippen LogP contribution in [-0.4, -0.2) is 28.8 Å². The van der Waals surface area contributed by atoms with E-state index in [0.717, 1.165) is 16.8 Å². The average Bonchev–Trinajstić information content (AvgIpc) is 3.21. The normalized spacial score (nSPS) is 10.3. The van der Waals surface area contributed by atoms with Crippen molar-refractivity contribution in [2.45, 2.75) is 13.0 Å². The van der Waals surface area contributed by atoms with E-state index in [9.17, 15) is 9.59 Å². The molecule has 1 amide bonds. The molecule has 1 N–H and O–H groups in total. The summed E-state index contributed by atoms with van der Waals surface area (Å²) in [5.74, 6) is -0.476. The Kier molecular flexibility index (Phi) is 5.43. The second-order valence-electron chi connectivity index (χ2n) is 5.76. The first-order valence-electron chi connectivity index (χ1n) is 8.18. The molecular weight excluding hydrogens is 330 g/mol. The molecule has 6 nitrogen and oxygen atoms in total. The largest absolute Gasteiger partial charge is 0.465 e. The number of hydrogen-bond donors (Lipinski definition) is 1. The first-order chi connectivity index (χ1) is 12.7. The number of esters is 1. The lowest BCUT2D eigenvalue weighted by Crippen LogP contribution is -2.24. The number of carbonyl (C=O) groups excluding carboxylic acids is 2. The third-order valence-electron chi connectivity index (χ3n) is 3.91. The number of rotatable bonds is 6. The fourth-order valence-corrected chi connectivity index (χ4v) is 2.56. The highest BCUT2D eigenvalue weighted by Crippen LogP contribution is 2.10. The molecule has 3 aromatic rings. The van der Waals surface area contributed by atoms with E-state index in [-0.39, 0.29) is 12.3 Å². The van der Waals surface area contributed by atoms with E-state index < -0.39 is 5.97 Å². The second kappa shape index (κ2) is 8.11. The topological polar surface area (TPSA) is 73.2 Å². The van der Waals surface area contributed by atoms with Crippen molar-refractivity contribution in [1.82, 2.24) is 15.1 Å². The van der Waals surface area contributed by atoms with Crippen LogP contribution in [0.15, 0.2) is 67.0 Å². The number of nitrogens with one attached hydrogen (secondary N) is 1. The summed E-state index contributed by atoms with van der Waals surface area (Å²) < 4.78 is 6.46. The van der Waals surface area contributed by atoms with Crippen molar-refractivity contribution in [1.29, 1.82) is 0 Å². The molecule has 0 aliphatic heterocycles. The van der Waals surface area contributed by atoms with Gasteiger partial charge in [0.1, 0.15) is 0 Å². The zero-order valence-corrected chi connectivity index (χ0v) is 14.4. The lowest BCUT2D eigenvalue weighted by molar-refractivity contribution is -0.120. The quantitative estimate of drug-likeness (QED) is 0.694. The molecule has 0 spiro atoms. The van der Waals surface area contributed by atoms with Gasteiger partial charge in [-0.2, -0.15) is 5.10 Å². The predicted octanol–water partition coefficient (Wildman–Crippen LogP) is 2.52. The summed E-state index contributed by atoms with van der Waals surface area (Å²) in [7, 11) is 1.34. The van der Waals surface area contributed by atoms with E-state index in [1.807, 2.05) is 42.6 Å². The Balaban J connectivity index is 1.55. The van der Waals surface area contributed by atoms with Gasteiger partial charge in [0, 0.05) is 18.9 Å². The molecule has 1 heterocycles. The van der Waals surface area contributed by atoms with Crippen LogP contribution in [0.2, 0.25) is 0 Å². The van der Waals surface area contributed by atoms with Gasteiger partial charge in [-0.15, -0.1) is 0 Å².